The van der Waals surface area contributed by atoms with Gasteiger partial charge in [-0.05, 0) is 60.0 Å². The average Bonchev–Trinajstić information content (AvgIpc) is 3.50. The van der Waals surface area contributed by atoms with Crippen LogP contribution in [0.4, 0.5) is 5.69 Å². The highest BCUT2D eigenvalue weighted by molar-refractivity contribution is 7.08. The van der Waals surface area contributed by atoms with Gasteiger partial charge in [0.15, 0.2) is 5.82 Å². The van der Waals surface area contributed by atoms with E-state index in [4.69, 9.17) is 27.9 Å². The van der Waals surface area contributed by atoms with Crippen molar-refractivity contribution in [2.45, 2.75) is 34.1 Å². The molecule has 1 aromatic carbocycles. The molecule has 0 aliphatic heterocycles. The minimum atomic E-state index is -0.534. The molecule has 0 unspecified atom stereocenters. The Bertz CT molecular complexity index is 1460. The van der Waals surface area contributed by atoms with Crippen LogP contribution in [-0.4, -0.2) is 33.1 Å². The quantitative estimate of drug-likeness (QED) is 0.234. The number of amides is 2. The average molecular weight is 573 g/mol. The van der Waals surface area contributed by atoms with Gasteiger partial charge in [0.2, 0.25) is 5.88 Å². The molecule has 0 radical (unpaired) electrons. The van der Waals surface area contributed by atoms with Crippen LogP contribution in [0.15, 0.2) is 53.4 Å². The maximum atomic E-state index is 13.6. The fourth-order valence-corrected chi connectivity index (χ4v) is 4.63. The molecule has 4 rings (SSSR count). The lowest BCUT2D eigenvalue weighted by atomic mass is 9.92. The number of carbonyl (C=O) groups is 2. The highest BCUT2D eigenvalue weighted by Gasteiger charge is 2.24. The molecular formula is C27H27Cl2N5O3S. The Morgan fingerprint density at radius 3 is 2.61 bits per heavy atom. The van der Waals surface area contributed by atoms with Gasteiger partial charge in [0.05, 0.1) is 16.3 Å². The molecule has 3 heterocycles. The van der Waals surface area contributed by atoms with Crippen molar-refractivity contribution in [2.75, 3.05) is 11.9 Å². The lowest BCUT2D eigenvalue weighted by Gasteiger charge is -2.19. The zero-order valence-electron chi connectivity index (χ0n) is 21.3. The van der Waals surface area contributed by atoms with Gasteiger partial charge in [-0.3, -0.25) is 9.59 Å². The number of carbonyl (C=O) groups excluding carboxylic acids is 2. The predicted molar refractivity (Wildman–Crippen MR) is 151 cm³/mol. The van der Waals surface area contributed by atoms with E-state index in [1.807, 2.05) is 10.8 Å². The Labute approximate surface area is 234 Å². The summed E-state index contributed by atoms with van der Waals surface area (Å²) in [5.41, 5.74) is 1.40. The second-order valence-corrected chi connectivity index (χ2v) is 11.4. The van der Waals surface area contributed by atoms with E-state index in [-0.39, 0.29) is 34.3 Å². The van der Waals surface area contributed by atoms with Crippen molar-refractivity contribution in [3.8, 4) is 17.4 Å². The first-order valence-electron chi connectivity index (χ1n) is 11.8. The number of thiophene rings is 1. The van der Waals surface area contributed by atoms with Crippen LogP contribution in [0.5, 0.6) is 11.6 Å². The highest BCUT2D eigenvalue weighted by atomic mass is 35.5. The summed E-state index contributed by atoms with van der Waals surface area (Å²) >= 11 is 14.1. The summed E-state index contributed by atoms with van der Waals surface area (Å²) in [7, 11) is 0. The summed E-state index contributed by atoms with van der Waals surface area (Å²) in [5.74, 6) is 0.156. The van der Waals surface area contributed by atoms with Gasteiger partial charge in [0.25, 0.3) is 11.8 Å². The van der Waals surface area contributed by atoms with Gasteiger partial charge in [-0.1, -0.05) is 44.0 Å². The van der Waals surface area contributed by atoms with E-state index in [0.717, 1.165) is 6.42 Å². The molecule has 0 aliphatic carbocycles. The monoisotopic (exact) mass is 571 g/mol. The molecule has 198 valence electrons. The van der Waals surface area contributed by atoms with E-state index in [2.05, 4.69) is 41.5 Å². The number of hydrogen-bond acceptors (Lipinski definition) is 6. The highest BCUT2D eigenvalue weighted by Crippen LogP contribution is 2.30. The predicted octanol–water partition coefficient (Wildman–Crippen LogP) is 7.15. The number of anilines is 1. The second kappa shape index (κ2) is 11.6. The third-order valence-corrected chi connectivity index (χ3v) is 6.70. The lowest BCUT2D eigenvalue weighted by molar-refractivity contribution is 0.0950. The summed E-state index contributed by atoms with van der Waals surface area (Å²) in [6.45, 7) is 8.55. The van der Waals surface area contributed by atoms with E-state index in [9.17, 15) is 9.59 Å². The van der Waals surface area contributed by atoms with Crippen molar-refractivity contribution < 1.29 is 14.3 Å². The molecule has 11 heteroatoms. The number of rotatable bonds is 8. The number of aromatic nitrogens is 3. The Morgan fingerprint density at radius 2 is 1.92 bits per heavy atom. The number of hydrogen-bond donors (Lipinski definition) is 2. The lowest BCUT2D eigenvalue weighted by Crippen LogP contribution is -2.29. The molecule has 4 aromatic rings. The van der Waals surface area contributed by atoms with Crippen molar-refractivity contribution >= 4 is 52.0 Å². The molecule has 0 fully saturated rings. The van der Waals surface area contributed by atoms with E-state index >= 15 is 0 Å². The van der Waals surface area contributed by atoms with Crippen LogP contribution in [0, 0.1) is 12.3 Å². The molecule has 38 heavy (non-hydrogen) atoms. The maximum Gasteiger partial charge on any atom is 0.274 e. The molecule has 2 N–H and O–H groups in total. The van der Waals surface area contributed by atoms with E-state index in [1.54, 1.807) is 37.4 Å². The topological polar surface area (TPSA) is 98.1 Å². The van der Waals surface area contributed by atoms with Crippen molar-refractivity contribution in [1.82, 2.24) is 20.1 Å². The number of ether oxygens (including phenoxy) is 1. The fraction of sp³-hybridized carbons (Fsp3) is 0.259. The normalized spacial score (nSPS) is 11.3. The summed E-state index contributed by atoms with van der Waals surface area (Å²) in [5, 5.41) is 14.6. The van der Waals surface area contributed by atoms with E-state index in [0.29, 0.717) is 33.6 Å². The van der Waals surface area contributed by atoms with Crippen molar-refractivity contribution in [2.24, 2.45) is 5.41 Å². The molecule has 0 atom stereocenters. The summed E-state index contributed by atoms with van der Waals surface area (Å²) in [4.78, 5) is 31.0. The third-order valence-electron chi connectivity index (χ3n) is 5.52. The Hall–Kier alpha value is -3.40. The standard InChI is InChI=1S/C27H27Cl2N5O3S/c1-16-12-17(28)13-19(25(35)31-10-8-27(2,3)4)23(16)32-26(36)21-14-22(37-18-7-11-38-15-18)33-34(21)24-20(29)6-5-9-30-24/h5-7,9,11-15H,8,10H2,1-4H3,(H,31,35)(H,32,36). The minimum Gasteiger partial charge on any atom is -0.437 e. The zero-order valence-corrected chi connectivity index (χ0v) is 23.7. The SMILES string of the molecule is Cc1cc(Cl)cc(C(=O)NCCC(C)(C)C)c1NC(=O)c1cc(Oc2ccsc2)nn1-c1ncccc1Cl. The van der Waals surface area contributed by atoms with Gasteiger partial charge in [-0.2, -0.15) is 0 Å². The number of pyridine rings is 1. The number of aryl methyl sites for hydroxylation is 1. The van der Waals surface area contributed by atoms with Gasteiger partial charge in [0.1, 0.15) is 11.4 Å². The van der Waals surface area contributed by atoms with Gasteiger partial charge < -0.3 is 15.4 Å². The first-order valence-corrected chi connectivity index (χ1v) is 13.5. The van der Waals surface area contributed by atoms with Crippen molar-refractivity contribution in [3.05, 3.63) is 80.2 Å². The first kappa shape index (κ1) is 27.6. The maximum absolute atomic E-state index is 13.6. The number of halogens is 2. The Balaban J connectivity index is 1.68. The van der Waals surface area contributed by atoms with Gasteiger partial charge in [0, 0.05) is 29.2 Å². The summed E-state index contributed by atoms with van der Waals surface area (Å²) in [6, 6.07) is 9.83. The number of nitrogens with zero attached hydrogens (tertiary/aromatic N) is 3. The summed E-state index contributed by atoms with van der Waals surface area (Å²) < 4.78 is 7.13. The molecule has 0 saturated heterocycles. The first-order chi connectivity index (χ1) is 18.0. The molecular weight excluding hydrogens is 545 g/mol. The van der Waals surface area contributed by atoms with Crippen LogP contribution in [0.3, 0.4) is 0 Å². The largest absolute Gasteiger partial charge is 0.437 e. The van der Waals surface area contributed by atoms with Crippen LogP contribution in [0.1, 0.15) is 53.6 Å². The third kappa shape index (κ3) is 6.72. The molecule has 2 amide bonds. The van der Waals surface area contributed by atoms with Gasteiger partial charge >= 0.3 is 0 Å². The molecule has 3 aromatic heterocycles. The van der Waals surface area contributed by atoms with E-state index < -0.39 is 5.91 Å². The molecule has 8 nitrogen and oxygen atoms in total. The second-order valence-electron chi connectivity index (χ2n) is 9.82. The minimum absolute atomic E-state index is 0.0581. The Morgan fingerprint density at radius 1 is 1.13 bits per heavy atom. The zero-order chi connectivity index (χ0) is 27.4. The molecule has 0 aliphatic rings. The van der Waals surface area contributed by atoms with Crippen LogP contribution < -0.4 is 15.4 Å². The van der Waals surface area contributed by atoms with Crippen LogP contribution in [-0.2, 0) is 0 Å². The van der Waals surface area contributed by atoms with Gasteiger partial charge in [-0.25, -0.2) is 9.67 Å². The molecule has 0 spiro atoms. The molecule has 0 saturated carbocycles. The number of nitrogens with one attached hydrogen (secondary N) is 2. The Kier molecular flexibility index (Phi) is 8.40. The fourth-order valence-electron chi connectivity index (χ4n) is 3.61. The van der Waals surface area contributed by atoms with Crippen LogP contribution in [0.25, 0.3) is 5.82 Å². The van der Waals surface area contributed by atoms with Crippen molar-refractivity contribution in [1.29, 1.82) is 0 Å². The smallest absolute Gasteiger partial charge is 0.274 e. The number of benzene rings is 1. The molecule has 0 bridgehead atoms. The summed E-state index contributed by atoms with van der Waals surface area (Å²) in [6.07, 6.45) is 2.34. The van der Waals surface area contributed by atoms with Crippen LogP contribution in [0.2, 0.25) is 10.0 Å². The van der Waals surface area contributed by atoms with E-state index in [1.165, 1.54) is 28.2 Å². The van der Waals surface area contributed by atoms with Gasteiger partial charge in [-0.15, -0.1) is 16.4 Å². The van der Waals surface area contributed by atoms with Crippen molar-refractivity contribution in [3.63, 3.8) is 0 Å². The van der Waals surface area contributed by atoms with Crippen LogP contribution >= 0.6 is 34.5 Å².